The Bertz CT molecular complexity index is 473. The minimum absolute atomic E-state index is 0.0369. The molecule has 1 N–H and O–H groups in total. The monoisotopic (exact) mass is 253 g/mol. The summed E-state index contributed by atoms with van der Waals surface area (Å²) in [4.78, 5) is 28.5. The van der Waals surface area contributed by atoms with E-state index in [1.54, 1.807) is 11.0 Å². The number of carbonyl (C=O) groups is 1. The lowest BCUT2D eigenvalue weighted by Crippen LogP contribution is -2.48. The summed E-state index contributed by atoms with van der Waals surface area (Å²) in [5.74, 6) is -0.174. The van der Waals surface area contributed by atoms with Crippen LogP contribution in [0.5, 0.6) is 0 Å². The van der Waals surface area contributed by atoms with Crippen molar-refractivity contribution >= 4 is 5.91 Å². The highest BCUT2D eigenvalue weighted by molar-refractivity contribution is 5.76. The van der Waals surface area contributed by atoms with E-state index in [0.29, 0.717) is 19.7 Å². The summed E-state index contributed by atoms with van der Waals surface area (Å²) in [5.41, 5.74) is -0.446. The zero-order chi connectivity index (χ0) is 13.0. The lowest BCUT2D eigenvalue weighted by molar-refractivity contribution is -0.140. The molecule has 1 fully saturated rings. The fourth-order valence-corrected chi connectivity index (χ4v) is 1.81. The van der Waals surface area contributed by atoms with Crippen molar-refractivity contribution in [2.24, 2.45) is 0 Å². The van der Waals surface area contributed by atoms with Crippen molar-refractivity contribution in [3.05, 3.63) is 28.9 Å². The number of morpholine rings is 1. The summed E-state index contributed by atoms with van der Waals surface area (Å²) in [6.07, 6.45) is 2.57. The van der Waals surface area contributed by atoms with Gasteiger partial charge in [-0.1, -0.05) is 0 Å². The van der Waals surface area contributed by atoms with Gasteiger partial charge in [-0.2, -0.15) is 0 Å². The first kappa shape index (κ1) is 12.7. The van der Waals surface area contributed by atoms with Gasteiger partial charge in [0.1, 0.15) is 6.54 Å². The lowest BCUT2D eigenvalue weighted by atomic mass is 10.3. The maximum absolute atomic E-state index is 12.0. The van der Waals surface area contributed by atoms with Crippen LogP contribution in [0.3, 0.4) is 0 Å². The van der Waals surface area contributed by atoms with Gasteiger partial charge >= 0.3 is 5.69 Å². The van der Waals surface area contributed by atoms with Crippen LogP contribution >= 0.6 is 0 Å². The third-order valence-corrected chi connectivity index (χ3v) is 2.78. The second-order valence-electron chi connectivity index (χ2n) is 4.05. The molecule has 7 heteroatoms. The second-order valence-corrected chi connectivity index (χ2v) is 4.05. The van der Waals surface area contributed by atoms with Gasteiger partial charge in [-0.15, -0.1) is 0 Å². The van der Waals surface area contributed by atoms with E-state index in [2.05, 4.69) is 4.98 Å². The highest BCUT2D eigenvalue weighted by atomic mass is 16.5. The Morgan fingerprint density at radius 1 is 1.61 bits per heavy atom. The fraction of sp³-hybridized carbons (Fsp3) is 0.545. The van der Waals surface area contributed by atoms with Gasteiger partial charge in [0.25, 0.3) is 0 Å². The molecular weight excluding hydrogens is 238 g/mol. The molecule has 1 aromatic heterocycles. The first-order valence-corrected chi connectivity index (χ1v) is 5.72. The number of hydrogen-bond donors (Lipinski definition) is 1. The average molecular weight is 253 g/mol. The van der Waals surface area contributed by atoms with Gasteiger partial charge in [-0.25, -0.2) is 9.78 Å². The molecule has 0 saturated carbocycles. The first-order valence-electron chi connectivity index (χ1n) is 5.72. The van der Waals surface area contributed by atoms with E-state index in [0.717, 1.165) is 0 Å². The molecule has 7 nitrogen and oxygen atoms in total. The van der Waals surface area contributed by atoms with E-state index < -0.39 is 5.69 Å². The number of rotatable bonds is 3. The van der Waals surface area contributed by atoms with Crippen molar-refractivity contribution in [1.82, 2.24) is 14.5 Å². The lowest BCUT2D eigenvalue weighted by Gasteiger charge is -2.32. The Morgan fingerprint density at radius 3 is 3.17 bits per heavy atom. The second kappa shape index (κ2) is 5.74. The van der Waals surface area contributed by atoms with Crippen molar-refractivity contribution in [2.45, 2.75) is 12.6 Å². The molecule has 1 aromatic rings. The Kier molecular flexibility index (Phi) is 4.06. The van der Waals surface area contributed by atoms with Crippen LogP contribution < -0.4 is 5.69 Å². The van der Waals surface area contributed by atoms with Crippen LogP contribution in [0.1, 0.15) is 0 Å². The predicted octanol–water partition coefficient (Wildman–Crippen LogP) is -1.54. The van der Waals surface area contributed by atoms with Crippen LogP contribution in [-0.4, -0.2) is 57.9 Å². The number of hydrogen-bond acceptors (Lipinski definition) is 5. The molecule has 1 unspecified atom stereocenters. The molecule has 0 aromatic carbocycles. The number of aliphatic hydroxyl groups excluding tert-OH is 1. The van der Waals surface area contributed by atoms with E-state index in [-0.39, 0.29) is 25.2 Å². The van der Waals surface area contributed by atoms with Crippen molar-refractivity contribution < 1.29 is 14.6 Å². The summed E-state index contributed by atoms with van der Waals surface area (Å²) < 4.78 is 6.51. The SMILES string of the molecule is O=C(Cn1cccnc1=O)N1CCOC(CO)C1. The van der Waals surface area contributed by atoms with Gasteiger partial charge < -0.3 is 14.7 Å². The molecule has 0 spiro atoms. The van der Waals surface area contributed by atoms with Crippen molar-refractivity contribution in [3.63, 3.8) is 0 Å². The van der Waals surface area contributed by atoms with Crippen LogP contribution in [0.15, 0.2) is 23.3 Å². The number of ether oxygens (including phenoxy) is 1. The van der Waals surface area contributed by atoms with Crippen molar-refractivity contribution in [2.75, 3.05) is 26.3 Å². The number of aromatic nitrogens is 2. The van der Waals surface area contributed by atoms with E-state index in [4.69, 9.17) is 9.84 Å². The van der Waals surface area contributed by atoms with E-state index in [1.165, 1.54) is 17.0 Å². The molecule has 98 valence electrons. The fourth-order valence-electron chi connectivity index (χ4n) is 1.81. The zero-order valence-corrected chi connectivity index (χ0v) is 9.86. The maximum atomic E-state index is 12.0. The predicted molar refractivity (Wildman–Crippen MR) is 61.9 cm³/mol. The number of nitrogens with zero attached hydrogens (tertiary/aromatic N) is 3. The van der Waals surface area contributed by atoms with Gasteiger partial charge in [0.05, 0.1) is 19.3 Å². The van der Waals surface area contributed by atoms with E-state index in [9.17, 15) is 9.59 Å². The van der Waals surface area contributed by atoms with Crippen LogP contribution in [0.25, 0.3) is 0 Å². The third kappa shape index (κ3) is 2.93. The smallest absolute Gasteiger partial charge is 0.347 e. The molecule has 0 aliphatic carbocycles. The summed E-state index contributed by atoms with van der Waals surface area (Å²) >= 11 is 0. The molecule has 18 heavy (non-hydrogen) atoms. The van der Waals surface area contributed by atoms with E-state index in [1.807, 2.05) is 0 Å². The standard InChI is InChI=1S/C11H15N3O4/c15-8-9-6-13(4-5-18-9)10(16)7-14-3-1-2-12-11(14)17/h1-3,9,15H,4-8H2. The van der Waals surface area contributed by atoms with Crippen LogP contribution in [0.4, 0.5) is 0 Å². The average Bonchev–Trinajstić information content (AvgIpc) is 2.41. The molecule has 1 saturated heterocycles. The number of aliphatic hydroxyl groups is 1. The van der Waals surface area contributed by atoms with Crippen LogP contribution in [0, 0.1) is 0 Å². The largest absolute Gasteiger partial charge is 0.394 e. The summed E-state index contributed by atoms with van der Waals surface area (Å²) in [5, 5.41) is 9.00. The summed E-state index contributed by atoms with van der Waals surface area (Å²) in [6, 6.07) is 1.60. The van der Waals surface area contributed by atoms with Gasteiger partial charge in [-0.05, 0) is 6.07 Å². The Morgan fingerprint density at radius 2 is 2.44 bits per heavy atom. The van der Waals surface area contributed by atoms with E-state index >= 15 is 0 Å². The highest BCUT2D eigenvalue weighted by Gasteiger charge is 2.23. The molecule has 1 atom stereocenters. The Labute approximate surface area is 104 Å². The minimum Gasteiger partial charge on any atom is -0.394 e. The normalized spacial score (nSPS) is 19.8. The molecular formula is C11H15N3O4. The first-order chi connectivity index (χ1) is 8.70. The topological polar surface area (TPSA) is 84.7 Å². The van der Waals surface area contributed by atoms with Gasteiger partial charge in [0.15, 0.2) is 0 Å². The van der Waals surface area contributed by atoms with Crippen LogP contribution in [-0.2, 0) is 16.1 Å². The molecule has 1 aliphatic heterocycles. The quantitative estimate of drug-likeness (QED) is 0.706. The Balaban J connectivity index is 2.00. The number of carbonyl (C=O) groups excluding carboxylic acids is 1. The van der Waals surface area contributed by atoms with Gasteiger partial charge in [-0.3, -0.25) is 9.36 Å². The zero-order valence-electron chi connectivity index (χ0n) is 9.86. The Hall–Kier alpha value is -1.73. The molecule has 2 rings (SSSR count). The molecule has 0 radical (unpaired) electrons. The highest BCUT2D eigenvalue weighted by Crippen LogP contribution is 2.05. The van der Waals surface area contributed by atoms with Gasteiger partial charge in [0.2, 0.25) is 5.91 Å². The minimum atomic E-state index is -0.446. The van der Waals surface area contributed by atoms with Gasteiger partial charge in [0, 0.05) is 25.5 Å². The maximum Gasteiger partial charge on any atom is 0.347 e. The summed E-state index contributed by atoms with van der Waals surface area (Å²) in [7, 11) is 0. The molecule has 0 bridgehead atoms. The molecule has 1 amide bonds. The summed E-state index contributed by atoms with van der Waals surface area (Å²) in [6.45, 7) is 1.08. The van der Waals surface area contributed by atoms with Crippen LogP contribution in [0.2, 0.25) is 0 Å². The van der Waals surface area contributed by atoms with Crippen molar-refractivity contribution in [3.8, 4) is 0 Å². The third-order valence-electron chi connectivity index (χ3n) is 2.78. The number of amides is 1. The molecule has 2 heterocycles. The molecule has 1 aliphatic rings. The van der Waals surface area contributed by atoms with Crippen molar-refractivity contribution in [1.29, 1.82) is 0 Å².